The van der Waals surface area contributed by atoms with E-state index in [9.17, 15) is 0 Å². The Labute approximate surface area is 308 Å². The molecule has 0 aliphatic heterocycles. The molecule has 4 aromatic carbocycles. The second-order valence-electron chi connectivity index (χ2n) is 13.6. The van der Waals surface area contributed by atoms with Crippen LogP contribution in [0.25, 0.3) is 101 Å². The molecule has 0 N–H and O–H groups in total. The van der Waals surface area contributed by atoms with Gasteiger partial charge in [-0.15, -0.1) is 0 Å². The van der Waals surface area contributed by atoms with Gasteiger partial charge in [0.15, 0.2) is 0 Å². The van der Waals surface area contributed by atoms with Crippen LogP contribution in [0.1, 0.15) is 22.3 Å². The quantitative estimate of drug-likeness (QED) is 0.179. The Hall–Kier alpha value is -7.19. The maximum atomic E-state index is 6.62. The van der Waals surface area contributed by atoms with Crippen LogP contribution in [0, 0.1) is 13.8 Å². The molecule has 6 heterocycles. The number of oxazole rings is 2. The van der Waals surface area contributed by atoms with Crippen molar-refractivity contribution >= 4 is 33.6 Å². The van der Waals surface area contributed by atoms with Gasteiger partial charge in [-0.25, -0.2) is 24.9 Å². The van der Waals surface area contributed by atoms with E-state index in [-0.39, 0.29) is 0 Å². The fourth-order valence-corrected chi connectivity index (χ4v) is 8.42. The molecule has 256 valence electrons. The molecule has 1 aliphatic rings. The van der Waals surface area contributed by atoms with E-state index in [1.54, 1.807) is 18.6 Å². The Bertz CT molecular complexity index is 3070. The van der Waals surface area contributed by atoms with Crippen molar-refractivity contribution < 1.29 is 13.3 Å². The minimum atomic E-state index is 0.500. The number of fused-ring (bicyclic) bond motifs is 9. The van der Waals surface area contributed by atoms with E-state index in [1.165, 1.54) is 5.56 Å². The van der Waals surface area contributed by atoms with Gasteiger partial charge in [0.2, 0.25) is 28.9 Å². The number of pyridine rings is 3. The zero-order valence-corrected chi connectivity index (χ0v) is 29.3. The Morgan fingerprint density at radius 3 is 1.44 bits per heavy atom. The first-order chi connectivity index (χ1) is 26.6. The average Bonchev–Trinajstić information content (AvgIpc) is 3.92. The van der Waals surface area contributed by atoms with Gasteiger partial charge in [0.1, 0.15) is 16.8 Å². The minimum absolute atomic E-state index is 0.500. The van der Waals surface area contributed by atoms with Crippen LogP contribution in [0.5, 0.6) is 0 Å². The van der Waals surface area contributed by atoms with E-state index < -0.39 is 0 Å². The van der Waals surface area contributed by atoms with Gasteiger partial charge in [-0.3, -0.25) is 0 Å². The van der Waals surface area contributed by atoms with E-state index in [4.69, 9.17) is 23.2 Å². The maximum Gasteiger partial charge on any atom is 0.247 e. The van der Waals surface area contributed by atoms with E-state index in [1.807, 2.05) is 42.5 Å². The minimum Gasteiger partial charge on any atom is -0.437 e. The molecule has 0 amide bonds. The largest absolute Gasteiger partial charge is 0.437 e. The molecule has 8 heteroatoms. The van der Waals surface area contributed by atoms with Gasteiger partial charge in [-0.1, -0.05) is 60.7 Å². The van der Waals surface area contributed by atoms with Crippen molar-refractivity contribution in [3.8, 4) is 67.6 Å². The predicted molar refractivity (Wildman–Crippen MR) is 210 cm³/mol. The van der Waals surface area contributed by atoms with Crippen molar-refractivity contribution in [3.63, 3.8) is 0 Å². The molecule has 0 saturated heterocycles. The molecule has 0 fully saturated rings. The molecule has 0 unspecified atom stereocenters. The molecule has 6 aromatic heterocycles. The van der Waals surface area contributed by atoms with Crippen molar-refractivity contribution in [3.05, 3.63) is 150 Å². The zero-order valence-electron chi connectivity index (χ0n) is 29.3. The summed E-state index contributed by atoms with van der Waals surface area (Å²) in [4.78, 5) is 23.4. The molecular formula is C46H29N5O3. The summed E-state index contributed by atoms with van der Waals surface area (Å²) in [7, 11) is 0. The summed E-state index contributed by atoms with van der Waals surface area (Å²) in [6.45, 7) is 4.46. The van der Waals surface area contributed by atoms with Crippen LogP contribution in [0.3, 0.4) is 0 Å². The first-order valence-corrected chi connectivity index (χ1v) is 17.9. The zero-order chi connectivity index (χ0) is 35.9. The second kappa shape index (κ2) is 11.7. The number of rotatable bonds is 4. The fourth-order valence-electron chi connectivity index (χ4n) is 8.42. The molecule has 0 atom stereocenters. The number of aromatic nitrogens is 5. The molecule has 1 aliphatic carbocycles. The maximum absolute atomic E-state index is 6.62. The standard InChI is InChI=1S/C46H29N5O3/c1-25-38(28-13-4-7-16-31(28)43-50-36-19-10-22-48-45(36)53-43)26(2)40(29-14-5-8-17-32(29)44-51-37-20-11-23-49-46(37)54-44)35-24-34-33-18-9-21-47-42(33)52-41(34)30-15-6-3-12-27(30)39(25)35/h3-23H,24H2,1-2H3. The molecule has 0 bridgehead atoms. The molecule has 0 radical (unpaired) electrons. The Balaban J connectivity index is 1.27. The summed E-state index contributed by atoms with van der Waals surface area (Å²) < 4.78 is 19.3. The normalized spacial score (nSPS) is 12.2. The number of hydrogen-bond acceptors (Lipinski definition) is 8. The summed E-state index contributed by atoms with van der Waals surface area (Å²) in [6, 6.07) is 36.9. The Morgan fingerprint density at radius 1 is 0.426 bits per heavy atom. The summed E-state index contributed by atoms with van der Waals surface area (Å²) in [5.41, 5.74) is 16.9. The first-order valence-electron chi connectivity index (χ1n) is 17.9. The van der Waals surface area contributed by atoms with Gasteiger partial charge in [0.25, 0.3) is 0 Å². The number of hydrogen-bond donors (Lipinski definition) is 0. The van der Waals surface area contributed by atoms with Crippen LogP contribution < -0.4 is 0 Å². The topological polar surface area (TPSA) is 104 Å². The van der Waals surface area contributed by atoms with Crippen LogP contribution in [0.2, 0.25) is 0 Å². The van der Waals surface area contributed by atoms with Crippen LogP contribution in [-0.2, 0) is 6.42 Å². The lowest BCUT2D eigenvalue weighted by molar-refractivity contribution is 0.607. The van der Waals surface area contributed by atoms with Crippen LogP contribution >= 0.6 is 0 Å². The molecule has 11 rings (SSSR count). The van der Waals surface area contributed by atoms with Crippen molar-refractivity contribution in [2.24, 2.45) is 0 Å². The van der Waals surface area contributed by atoms with Crippen molar-refractivity contribution in [2.75, 3.05) is 0 Å². The second-order valence-corrected chi connectivity index (χ2v) is 13.6. The molecular weight excluding hydrogens is 671 g/mol. The molecule has 0 spiro atoms. The van der Waals surface area contributed by atoms with Crippen molar-refractivity contribution in [2.45, 2.75) is 20.3 Å². The van der Waals surface area contributed by atoms with Crippen molar-refractivity contribution in [1.29, 1.82) is 0 Å². The van der Waals surface area contributed by atoms with E-state index in [2.05, 4.69) is 95.5 Å². The van der Waals surface area contributed by atoms with E-state index >= 15 is 0 Å². The molecule has 8 nitrogen and oxygen atoms in total. The third-order valence-corrected chi connectivity index (χ3v) is 10.7. The van der Waals surface area contributed by atoms with E-state index in [0.717, 1.165) is 77.9 Å². The smallest absolute Gasteiger partial charge is 0.247 e. The van der Waals surface area contributed by atoms with Gasteiger partial charge >= 0.3 is 0 Å². The molecule has 10 aromatic rings. The summed E-state index contributed by atoms with van der Waals surface area (Å²) in [6.07, 6.45) is 5.86. The van der Waals surface area contributed by atoms with Gasteiger partial charge in [-0.05, 0) is 112 Å². The summed E-state index contributed by atoms with van der Waals surface area (Å²) in [5.74, 6) is 1.88. The van der Waals surface area contributed by atoms with Gasteiger partial charge < -0.3 is 13.3 Å². The monoisotopic (exact) mass is 699 g/mol. The highest BCUT2D eigenvalue weighted by molar-refractivity contribution is 6.02. The predicted octanol–water partition coefficient (Wildman–Crippen LogP) is 11.4. The summed E-state index contributed by atoms with van der Waals surface area (Å²) in [5, 5.41) is 1.01. The third kappa shape index (κ3) is 4.46. The highest BCUT2D eigenvalue weighted by Crippen LogP contribution is 2.53. The lowest BCUT2D eigenvalue weighted by atomic mass is 9.77. The fraction of sp³-hybridized carbons (Fsp3) is 0.0652. The van der Waals surface area contributed by atoms with Gasteiger partial charge in [0.05, 0.1) is 0 Å². The van der Waals surface area contributed by atoms with Crippen LogP contribution in [0.4, 0.5) is 0 Å². The average molecular weight is 700 g/mol. The van der Waals surface area contributed by atoms with Crippen molar-refractivity contribution in [1.82, 2.24) is 24.9 Å². The Kier molecular flexibility index (Phi) is 6.57. The third-order valence-electron chi connectivity index (χ3n) is 10.7. The van der Waals surface area contributed by atoms with Gasteiger partial charge in [0, 0.05) is 52.7 Å². The highest BCUT2D eigenvalue weighted by Gasteiger charge is 2.32. The molecule has 0 saturated carbocycles. The SMILES string of the molecule is Cc1c(-c2ccccc2-c2nc3cccnc3o2)c(C)c2c(c1-c1ccccc1-c1nc3cccnc3o1)Cc1c(oc3ncccc13)-c1ccccc1-2. The highest BCUT2D eigenvalue weighted by atomic mass is 16.4. The van der Waals surface area contributed by atoms with Gasteiger partial charge in [-0.2, -0.15) is 0 Å². The number of nitrogens with zero attached hydrogens (tertiary/aromatic N) is 5. The Morgan fingerprint density at radius 2 is 0.889 bits per heavy atom. The number of furan rings is 1. The van der Waals surface area contributed by atoms with Crippen LogP contribution in [-0.4, -0.2) is 24.9 Å². The molecule has 54 heavy (non-hydrogen) atoms. The lowest BCUT2D eigenvalue weighted by Crippen LogP contribution is -2.05. The van der Waals surface area contributed by atoms with Crippen LogP contribution in [0.15, 0.2) is 141 Å². The number of benzene rings is 4. The van der Waals surface area contributed by atoms with E-state index in [0.29, 0.717) is 46.4 Å². The summed E-state index contributed by atoms with van der Waals surface area (Å²) >= 11 is 0. The lowest BCUT2D eigenvalue weighted by Gasteiger charge is -2.26. The first kappa shape index (κ1) is 30.4.